The summed E-state index contributed by atoms with van der Waals surface area (Å²) >= 11 is 0. The Hall–Kier alpha value is -3.43. The number of sulfonamides is 1. The number of carbonyl (C=O) groups is 1. The van der Waals surface area contributed by atoms with Crippen LogP contribution in [0.3, 0.4) is 0 Å². The van der Waals surface area contributed by atoms with Crippen molar-refractivity contribution in [3.8, 4) is 0 Å². The van der Waals surface area contributed by atoms with Crippen molar-refractivity contribution >= 4 is 33.3 Å². The van der Waals surface area contributed by atoms with Crippen molar-refractivity contribution in [3.05, 3.63) is 94.8 Å². The van der Waals surface area contributed by atoms with Crippen LogP contribution in [0.4, 0.5) is 18.9 Å². The molecular weight excluding hydrogens is 453 g/mol. The maximum absolute atomic E-state index is 14.0. The smallest absolute Gasteiger partial charge is 0.258 e. The normalized spacial score (nSPS) is 14.9. The Morgan fingerprint density at radius 1 is 0.939 bits per heavy atom. The van der Waals surface area contributed by atoms with Crippen molar-refractivity contribution in [1.82, 2.24) is 4.31 Å². The SMILES string of the molecule is CN1C(=O)/C(=C/c2ccc(F)cc2)c2cc(S(=O)(=O)N(C)Cc3ccc(F)cc3F)ccc21. The minimum atomic E-state index is -4.06. The van der Waals surface area contributed by atoms with E-state index in [0.29, 0.717) is 22.9 Å². The summed E-state index contributed by atoms with van der Waals surface area (Å²) in [6.07, 6.45) is 1.57. The number of fused-ring (bicyclic) bond motifs is 1. The van der Waals surface area contributed by atoms with Crippen molar-refractivity contribution in [3.63, 3.8) is 0 Å². The molecule has 4 rings (SSSR count). The number of carbonyl (C=O) groups excluding carboxylic acids is 1. The number of halogens is 3. The molecule has 170 valence electrons. The molecule has 1 heterocycles. The van der Waals surface area contributed by atoms with Crippen LogP contribution in [0.5, 0.6) is 0 Å². The molecule has 0 fully saturated rings. The van der Waals surface area contributed by atoms with Gasteiger partial charge in [-0.05, 0) is 48.0 Å². The van der Waals surface area contributed by atoms with E-state index in [1.165, 1.54) is 60.5 Å². The monoisotopic (exact) mass is 472 g/mol. The summed E-state index contributed by atoms with van der Waals surface area (Å²) in [5, 5.41) is 0. The van der Waals surface area contributed by atoms with Gasteiger partial charge in [0.05, 0.1) is 10.6 Å². The van der Waals surface area contributed by atoms with Gasteiger partial charge in [-0.25, -0.2) is 21.6 Å². The molecule has 0 unspecified atom stereocenters. The van der Waals surface area contributed by atoms with E-state index in [1.807, 2.05) is 0 Å². The zero-order valence-corrected chi connectivity index (χ0v) is 18.5. The molecule has 0 aliphatic carbocycles. The van der Waals surface area contributed by atoms with Gasteiger partial charge in [0.25, 0.3) is 5.91 Å². The number of nitrogens with zero attached hydrogens (tertiary/aromatic N) is 2. The predicted molar refractivity (Wildman–Crippen MR) is 119 cm³/mol. The summed E-state index contributed by atoms with van der Waals surface area (Å²) in [7, 11) is -1.19. The Bertz CT molecular complexity index is 1390. The second-order valence-electron chi connectivity index (χ2n) is 7.65. The highest BCUT2D eigenvalue weighted by Gasteiger charge is 2.32. The molecular formula is C24H19F3N2O3S. The summed E-state index contributed by atoms with van der Waals surface area (Å²) in [5.74, 6) is -2.34. The molecule has 3 aromatic rings. The number of hydrogen-bond donors (Lipinski definition) is 0. The zero-order valence-electron chi connectivity index (χ0n) is 17.7. The number of rotatable bonds is 5. The lowest BCUT2D eigenvalue weighted by Gasteiger charge is -2.18. The topological polar surface area (TPSA) is 57.7 Å². The molecule has 0 N–H and O–H groups in total. The van der Waals surface area contributed by atoms with Gasteiger partial charge in [-0.1, -0.05) is 18.2 Å². The van der Waals surface area contributed by atoms with E-state index in [4.69, 9.17) is 0 Å². The van der Waals surface area contributed by atoms with Gasteiger partial charge >= 0.3 is 0 Å². The lowest BCUT2D eigenvalue weighted by atomic mass is 10.0. The summed E-state index contributed by atoms with van der Waals surface area (Å²) in [4.78, 5) is 14.1. The predicted octanol–water partition coefficient (Wildman–Crippen LogP) is 4.44. The first-order valence-electron chi connectivity index (χ1n) is 9.88. The van der Waals surface area contributed by atoms with Crippen LogP contribution in [0.2, 0.25) is 0 Å². The highest BCUT2D eigenvalue weighted by Crippen LogP contribution is 2.38. The van der Waals surface area contributed by atoms with Crippen molar-refractivity contribution < 1.29 is 26.4 Å². The first-order chi connectivity index (χ1) is 15.6. The van der Waals surface area contributed by atoms with E-state index in [1.54, 1.807) is 13.1 Å². The number of anilines is 1. The van der Waals surface area contributed by atoms with E-state index < -0.39 is 27.5 Å². The number of amides is 1. The maximum Gasteiger partial charge on any atom is 0.258 e. The molecule has 3 aromatic carbocycles. The minimum absolute atomic E-state index is 0.0236. The average Bonchev–Trinajstić information content (AvgIpc) is 3.01. The quantitative estimate of drug-likeness (QED) is 0.516. The molecule has 0 bridgehead atoms. The minimum Gasteiger partial charge on any atom is -0.311 e. The Morgan fingerprint density at radius 3 is 2.27 bits per heavy atom. The third-order valence-electron chi connectivity index (χ3n) is 5.45. The second kappa shape index (κ2) is 8.49. The van der Waals surface area contributed by atoms with Crippen LogP contribution in [-0.4, -0.2) is 32.7 Å². The fourth-order valence-electron chi connectivity index (χ4n) is 3.61. The van der Waals surface area contributed by atoms with Crippen LogP contribution >= 0.6 is 0 Å². The molecule has 0 spiro atoms. The molecule has 0 atom stereocenters. The largest absolute Gasteiger partial charge is 0.311 e. The zero-order chi connectivity index (χ0) is 23.9. The molecule has 1 aliphatic heterocycles. The fourth-order valence-corrected chi connectivity index (χ4v) is 4.78. The van der Waals surface area contributed by atoms with Gasteiger partial charge < -0.3 is 4.90 Å². The summed E-state index contributed by atoms with van der Waals surface area (Å²) in [6, 6.07) is 12.8. The average molecular weight is 472 g/mol. The summed E-state index contributed by atoms with van der Waals surface area (Å²) < 4.78 is 67.7. The lowest BCUT2D eigenvalue weighted by Crippen LogP contribution is -2.27. The van der Waals surface area contributed by atoms with Gasteiger partial charge in [-0.3, -0.25) is 4.79 Å². The van der Waals surface area contributed by atoms with E-state index >= 15 is 0 Å². The Balaban J connectivity index is 1.71. The third kappa shape index (κ3) is 4.29. The summed E-state index contributed by atoms with van der Waals surface area (Å²) in [5.41, 5.74) is 1.81. The highest BCUT2D eigenvalue weighted by molar-refractivity contribution is 7.89. The Morgan fingerprint density at radius 2 is 1.61 bits per heavy atom. The van der Waals surface area contributed by atoms with Crippen LogP contribution in [0.1, 0.15) is 16.7 Å². The van der Waals surface area contributed by atoms with Crippen LogP contribution in [0, 0.1) is 17.5 Å². The molecule has 33 heavy (non-hydrogen) atoms. The molecule has 0 radical (unpaired) electrons. The van der Waals surface area contributed by atoms with E-state index in [0.717, 1.165) is 10.4 Å². The molecule has 5 nitrogen and oxygen atoms in total. The first-order valence-corrected chi connectivity index (χ1v) is 11.3. The first kappa shape index (κ1) is 22.8. The van der Waals surface area contributed by atoms with Gasteiger partial charge in [0.1, 0.15) is 17.5 Å². The summed E-state index contributed by atoms with van der Waals surface area (Å²) in [6.45, 7) is -0.303. The van der Waals surface area contributed by atoms with Gasteiger partial charge in [0.15, 0.2) is 0 Å². The molecule has 1 amide bonds. The highest BCUT2D eigenvalue weighted by atomic mass is 32.2. The third-order valence-corrected chi connectivity index (χ3v) is 7.25. The van der Waals surface area contributed by atoms with Crippen molar-refractivity contribution in [2.75, 3.05) is 19.0 Å². The van der Waals surface area contributed by atoms with Crippen molar-refractivity contribution in [2.45, 2.75) is 11.4 Å². The lowest BCUT2D eigenvalue weighted by molar-refractivity contribution is -0.112. The molecule has 0 aromatic heterocycles. The van der Waals surface area contributed by atoms with Crippen LogP contribution in [-0.2, 0) is 21.4 Å². The van der Waals surface area contributed by atoms with Crippen molar-refractivity contribution in [1.29, 1.82) is 0 Å². The molecule has 0 saturated heterocycles. The second-order valence-corrected chi connectivity index (χ2v) is 9.69. The number of likely N-dealkylation sites (N-methyl/N-ethyl adjacent to an activating group) is 1. The number of benzene rings is 3. The fraction of sp³-hybridized carbons (Fsp3) is 0.125. The molecule has 9 heteroatoms. The van der Waals surface area contributed by atoms with Gasteiger partial charge in [0, 0.05) is 43.4 Å². The van der Waals surface area contributed by atoms with Gasteiger partial charge in [-0.15, -0.1) is 0 Å². The van der Waals surface area contributed by atoms with E-state index in [2.05, 4.69) is 0 Å². The standard InChI is InChI=1S/C24H19F3N2O3S/c1-28(14-16-5-8-18(26)12-22(16)27)33(31,32)19-9-10-23-20(13-19)21(24(30)29(23)2)11-15-3-6-17(25)7-4-15/h3-13H,14H2,1-2H3/b21-11+. The molecule has 1 aliphatic rings. The Labute approximate surface area is 189 Å². The van der Waals surface area contributed by atoms with Crippen molar-refractivity contribution in [2.24, 2.45) is 0 Å². The number of hydrogen-bond acceptors (Lipinski definition) is 3. The van der Waals surface area contributed by atoms with E-state index in [-0.39, 0.29) is 28.5 Å². The van der Waals surface area contributed by atoms with E-state index in [9.17, 15) is 26.4 Å². The molecule has 0 saturated carbocycles. The van der Waals surface area contributed by atoms with Crippen LogP contribution < -0.4 is 4.90 Å². The van der Waals surface area contributed by atoms with Crippen LogP contribution in [0.25, 0.3) is 11.6 Å². The maximum atomic E-state index is 14.0. The van der Waals surface area contributed by atoms with Gasteiger partial charge in [0.2, 0.25) is 10.0 Å². The van der Waals surface area contributed by atoms with Gasteiger partial charge in [-0.2, -0.15) is 4.31 Å². The van der Waals surface area contributed by atoms with Crippen LogP contribution in [0.15, 0.2) is 65.6 Å². The Kier molecular flexibility index (Phi) is 5.85.